The number of benzene rings is 1. The van der Waals surface area contributed by atoms with Crippen LogP contribution in [0.15, 0.2) is 42.7 Å². The number of hydrogen-bond donors (Lipinski definition) is 0. The van der Waals surface area contributed by atoms with Gasteiger partial charge in [-0.2, -0.15) is 0 Å². The van der Waals surface area contributed by atoms with E-state index < -0.39 is 0 Å². The van der Waals surface area contributed by atoms with Gasteiger partial charge in [0.2, 0.25) is 5.95 Å². The number of amides is 2. The molecule has 3 heterocycles. The minimum Gasteiger partial charge on any atom is -0.378 e. The molecule has 2 aromatic rings. The van der Waals surface area contributed by atoms with E-state index in [1.165, 1.54) is 0 Å². The summed E-state index contributed by atoms with van der Waals surface area (Å²) in [5.41, 5.74) is 1.20. The van der Waals surface area contributed by atoms with Crippen LogP contribution >= 0.6 is 0 Å². The summed E-state index contributed by atoms with van der Waals surface area (Å²) in [7, 11) is 0. The lowest BCUT2D eigenvalue weighted by Gasteiger charge is -2.34. The third kappa shape index (κ3) is 3.96. The SMILES string of the molecule is O=C(c1ccc(C(=O)N2CCN(c3ncccn3)CC2)cc1)N1CCOCC1. The van der Waals surface area contributed by atoms with Crippen molar-refractivity contribution in [2.24, 2.45) is 0 Å². The van der Waals surface area contributed by atoms with E-state index in [-0.39, 0.29) is 11.8 Å². The molecule has 146 valence electrons. The van der Waals surface area contributed by atoms with Crippen LogP contribution in [0.2, 0.25) is 0 Å². The van der Waals surface area contributed by atoms with Gasteiger partial charge in [-0.15, -0.1) is 0 Å². The van der Waals surface area contributed by atoms with Gasteiger partial charge in [-0.1, -0.05) is 0 Å². The number of aromatic nitrogens is 2. The number of anilines is 1. The molecule has 0 atom stereocenters. The maximum atomic E-state index is 12.8. The Morgan fingerprint density at radius 2 is 1.25 bits per heavy atom. The van der Waals surface area contributed by atoms with Crippen molar-refractivity contribution in [1.82, 2.24) is 19.8 Å². The van der Waals surface area contributed by atoms with Crippen molar-refractivity contribution in [2.75, 3.05) is 57.4 Å². The number of rotatable bonds is 3. The van der Waals surface area contributed by atoms with Gasteiger partial charge in [-0.05, 0) is 30.3 Å². The maximum Gasteiger partial charge on any atom is 0.254 e. The van der Waals surface area contributed by atoms with Crippen molar-refractivity contribution < 1.29 is 14.3 Å². The van der Waals surface area contributed by atoms with Gasteiger partial charge in [-0.3, -0.25) is 9.59 Å². The highest BCUT2D eigenvalue weighted by Crippen LogP contribution is 2.14. The lowest BCUT2D eigenvalue weighted by Crippen LogP contribution is -2.49. The smallest absolute Gasteiger partial charge is 0.254 e. The summed E-state index contributed by atoms with van der Waals surface area (Å²) in [5, 5.41) is 0. The first-order valence-corrected chi connectivity index (χ1v) is 9.51. The van der Waals surface area contributed by atoms with Crippen LogP contribution in [0.1, 0.15) is 20.7 Å². The molecule has 0 unspecified atom stereocenters. The first kappa shape index (κ1) is 18.4. The van der Waals surface area contributed by atoms with Gasteiger partial charge in [0.05, 0.1) is 13.2 Å². The predicted octanol–water partition coefficient (Wildman–Crippen LogP) is 0.911. The van der Waals surface area contributed by atoms with Crippen molar-refractivity contribution in [1.29, 1.82) is 0 Å². The Morgan fingerprint density at radius 3 is 1.79 bits per heavy atom. The van der Waals surface area contributed by atoms with Crippen LogP contribution in [0.5, 0.6) is 0 Å². The van der Waals surface area contributed by atoms with E-state index in [0.29, 0.717) is 69.6 Å². The second-order valence-electron chi connectivity index (χ2n) is 6.81. The van der Waals surface area contributed by atoms with Crippen LogP contribution in [0.3, 0.4) is 0 Å². The average molecular weight is 381 g/mol. The van der Waals surface area contributed by atoms with Crippen molar-refractivity contribution in [3.8, 4) is 0 Å². The van der Waals surface area contributed by atoms with E-state index in [0.717, 1.165) is 0 Å². The summed E-state index contributed by atoms with van der Waals surface area (Å²) >= 11 is 0. The van der Waals surface area contributed by atoms with Crippen LogP contribution in [0, 0.1) is 0 Å². The van der Waals surface area contributed by atoms with Gasteiger partial charge in [-0.25, -0.2) is 9.97 Å². The molecule has 0 bridgehead atoms. The summed E-state index contributed by atoms with van der Waals surface area (Å²) < 4.78 is 5.28. The van der Waals surface area contributed by atoms with Crippen LogP contribution in [-0.2, 0) is 4.74 Å². The van der Waals surface area contributed by atoms with Crippen LogP contribution in [-0.4, -0.2) is 84.1 Å². The molecular formula is C20H23N5O3. The molecule has 0 aliphatic carbocycles. The molecule has 4 rings (SSSR count). The van der Waals surface area contributed by atoms with Gasteiger partial charge >= 0.3 is 0 Å². The van der Waals surface area contributed by atoms with Crippen molar-refractivity contribution >= 4 is 17.8 Å². The van der Waals surface area contributed by atoms with Gasteiger partial charge in [0, 0.05) is 62.8 Å². The van der Waals surface area contributed by atoms with Crippen LogP contribution < -0.4 is 4.90 Å². The van der Waals surface area contributed by atoms with Crippen LogP contribution in [0.25, 0.3) is 0 Å². The number of carbonyl (C=O) groups is 2. The molecule has 2 fully saturated rings. The number of morpholine rings is 1. The van der Waals surface area contributed by atoms with E-state index in [9.17, 15) is 9.59 Å². The van der Waals surface area contributed by atoms with Crippen molar-refractivity contribution in [3.63, 3.8) is 0 Å². The lowest BCUT2D eigenvalue weighted by molar-refractivity contribution is 0.0303. The zero-order valence-electron chi connectivity index (χ0n) is 15.7. The standard InChI is InChI=1S/C20H23N5O3/c26-18(23-8-10-25(11-9-23)20-21-6-1-7-22-20)16-2-4-17(5-3-16)19(27)24-12-14-28-15-13-24/h1-7H,8-15H2. The molecule has 0 N–H and O–H groups in total. The fraction of sp³-hybridized carbons (Fsp3) is 0.400. The molecular weight excluding hydrogens is 358 g/mol. The molecule has 0 saturated carbocycles. The highest BCUT2D eigenvalue weighted by molar-refractivity contribution is 5.98. The van der Waals surface area contributed by atoms with E-state index in [1.54, 1.807) is 47.6 Å². The minimum atomic E-state index is -0.0150. The third-order valence-electron chi connectivity index (χ3n) is 5.08. The molecule has 8 heteroatoms. The Morgan fingerprint density at radius 1 is 0.750 bits per heavy atom. The quantitative estimate of drug-likeness (QED) is 0.787. The van der Waals surface area contributed by atoms with Gasteiger partial charge < -0.3 is 19.4 Å². The zero-order valence-corrected chi connectivity index (χ0v) is 15.7. The maximum absolute atomic E-state index is 12.8. The lowest BCUT2D eigenvalue weighted by atomic mass is 10.1. The summed E-state index contributed by atoms with van der Waals surface area (Å²) in [6, 6.07) is 8.74. The minimum absolute atomic E-state index is 0.0148. The molecule has 2 aliphatic rings. The van der Waals surface area contributed by atoms with Gasteiger partial charge in [0.1, 0.15) is 0 Å². The van der Waals surface area contributed by atoms with Gasteiger partial charge in [0.25, 0.3) is 11.8 Å². The highest BCUT2D eigenvalue weighted by atomic mass is 16.5. The van der Waals surface area contributed by atoms with Crippen LogP contribution in [0.4, 0.5) is 5.95 Å². The van der Waals surface area contributed by atoms with Crippen molar-refractivity contribution in [2.45, 2.75) is 0 Å². The van der Waals surface area contributed by atoms with E-state index in [4.69, 9.17) is 4.74 Å². The second-order valence-corrected chi connectivity index (χ2v) is 6.81. The Kier molecular flexibility index (Phi) is 5.48. The second kappa shape index (κ2) is 8.35. The number of carbonyl (C=O) groups excluding carboxylic acids is 2. The first-order valence-electron chi connectivity index (χ1n) is 9.51. The van der Waals surface area contributed by atoms with E-state index >= 15 is 0 Å². The molecule has 2 amide bonds. The number of nitrogens with zero attached hydrogens (tertiary/aromatic N) is 5. The molecule has 0 spiro atoms. The molecule has 1 aromatic heterocycles. The Labute approximate surface area is 163 Å². The third-order valence-corrected chi connectivity index (χ3v) is 5.08. The Bertz CT molecular complexity index is 813. The summed E-state index contributed by atoms with van der Waals surface area (Å²) in [6.07, 6.45) is 3.44. The first-order chi connectivity index (χ1) is 13.7. The molecule has 2 aliphatic heterocycles. The zero-order chi connectivity index (χ0) is 19.3. The summed E-state index contributed by atoms with van der Waals surface area (Å²) in [6.45, 7) is 4.98. The monoisotopic (exact) mass is 381 g/mol. The molecule has 28 heavy (non-hydrogen) atoms. The average Bonchev–Trinajstić information content (AvgIpc) is 2.79. The van der Waals surface area contributed by atoms with E-state index in [1.807, 2.05) is 4.90 Å². The molecule has 1 aromatic carbocycles. The number of hydrogen-bond acceptors (Lipinski definition) is 6. The number of ether oxygens (including phenoxy) is 1. The fourth-order valence-electron chi connectivity index (χ4n) is 3.45. The summed E-state index contributed by atoms with van der Waals surface area (Å²) in [4.78, 5) is 39.5. The summed E-state index contributed by atoms with van der Waals surface area (Å²) in [5.74, 6) is 0.665. The van der Waals surface area contributed by atoms with E-state index in [2.05, 4.69) is 14.9 Å². The highest BCUT2D eigenvalue weighted by Gasteiger charge is 2.24. The Hall–Kier alpha value is -3.00. The topological polar surface area (TPSA) is 78.9 Å². The number of piperazine rings is 1. The predicted molar refractivity (Wildman–Crippen MR) is 103 cm³/mol. The van der Waals surface area contributed by atoms with Gasteiger partial charge in [0.15, 0.2) is 0 Å². The fourth-order valence-corrected chi connectivity index (χ4v) is 3.45. The van der Waals surface area contributed by atoms with Crippen molar-refractivity contribution in [3.05, 3.63) is 53.9 Å². The largest absolute Gasteiger partial charge is 0.378 e. The normalized spacial score (nSPS) is 17.5. The molecule has 0 radical (unpaired) electrons. The molecule has 2 saturated heterocycles. The molecule has 8 nitrogen and oxygen atoms in total. The Balaban J connectivity index is 1.35.